The minimum absolute atomic E-state index is 0.0694. The number of nitrogens with one attached hydrogen (secondary N) is 1. The molecule has 0 heterocycles. The number of benzene rings is 1. The van der Waals surface area contributed by atoms with Crippen LogP contribution in [0, 0.1) is 17.6 Å². The molecule has 2 unspecified atom stereocenters. The van der Waals surface area contributed by atoms with Crippen molar-refractivity contribution in [1.82, 2.24) is 5.32 Å². The first kappa shape index (κ1) is 12.5. The van der Waals surface area contributed by atoms with Gasteiger partial charge in [-0.05, 0) is 30.9 Å². The van der Waals surface area contributed by atoms with Crippen molar-refractivity contribution in [3.63, 3.8) is 0 Å². The van der Waals surface area contributed by atoms with Gasteiger partial charge >= 0.3 is 0 Å². The average molecular weight is 241 g/mol. The van der Waals surface area contributed by atoms with Crippen LogP contribution in [0.1, 0.15) is 24.8 Å². The molecule has 2 N–H and O–H groups in total. The Bertz CT molecular complexity index is 363. The van der Waals surface area contributed by atoms with Crippen molar-refractivity contribution in [2.24, 2.45) is 5.92 Å². The molecule has 1 aliphatic rings. The lowest BCUT2D eigenvalue weighted by Crippen LogP contribution is -2.28. The minimum Gasteiger partial charge on any atom is -0.393 e. The highest BCUT2D eigenvalue weighted by Gasteiger charge is 2.24. The van der Waals surface area contributed by atoms with E-state index >= 15 is 0 Å². The molecule has 0 amide bonds. The van der Waals surface area contributed by atoms with Gasteiger partial charge in [-0.3, -0.25) is 0 Å². The van der Waals surface area contributed by atoms with Gasteiger partial charge in [-0.15, -0.1) is 0 Å². The Kier molecular flexibility index (Phi) is 4.07. The third-order valence-electron chi connectivity index (χ3n) is 3.39. The van der Waals surface area contributed by atoms with Crippen LogP contribution in [0.4, 0.5) is 8.78 Å². The second-order valence-corrected chi connectivity index (χ2v) is 4.59. The summed E-state index contributed by atoms with van der Waals surface area (Å²) in [7, 11) is 0. The number of rotatable bonds is 4. The minimum atomic E-state index is -0.524. The molecule has 1 aliphatic carbocycles. The van der Waals surface area contributed by atoms with E-state index in [9.17, 15) is 13.9 Å². The van der Waals surface area contributed by atoms with E-state index in [0.29, 0.717) is 6.54 Å². The van der Waals surface area contributed by atoms with E-state index in [1.54, 1.807) is 0 Å². The summed E-state index contributed by atoms with van der Waals surface area (Å²) in [5.74, 6) is -0.834. The molecular weight excluding hydrogens is 224 g/mol. The van der Waals surface area contributed by atoms with E-state index in [0.717, 1.165) is 19.3 Å². The van der Waals surface area contributed by atoms with Crippen LogP contribution in [0.2, 0.25) is 0 Å². The Labute approximate surface area is 99.7 Å². The summed E-state index contributed by atoms with van der Waals surface area (Å²) in [6, 6.07) is 3.86. The van der Waals surface area contributed by atoms with E-state index in [4.69, 9.17) is 0 Å². The molecule has 94 valence electrons. The summed E-state index contributed by atoms with van der Waals surface area (Å²) in [5, 5.41) is 12.6. The van der Waals surface area contributed by atoms with Crippen molar-refractivity contribution in [1.29, 1.82) is 0 Å². The highest BCUT2D eigenvalue weighted by Crippen LogP contribution is 2.24. The third-order valence-corrected chi connectivity index (χ3v) is 3.39. The number of aliphatic hydroxyl groups is 1. The molecule has 1 aromatic carbocycles. The van der Waals surface area contributed by atoms with Gasteiger partial charge in [-0.2, -0.15) is 0 Å². The topological polar surface area (TPSA) is 32.3 Å². The van der Waals surface area contributed by atoms with Crippen LogP contribution in [0.3, 0.4) is 0 Å². The summed E-state index contributed by atoms with van der Waals surface area (Å²) < 4.78 is 26.6. The summed E-state index contributed by atoms with van der Waals surface area (Å²) in [6.07, 6.45) is 2.57. The Morgan fingerprint density at radius 3 is 2.53 bits per heavy atom. The van der Waals surface area contributed by atoms with Gasteiger partial charge in [0.15, 0.2) is 0 Å². The molecule has 17 heavy (non-hydrogen) atoms. The molecule has 0 bridgehead atoms. The maximum Gasteiger partial charge on any atom is 0.130 e. The van der Waals surface area contributed by atoms with E-state index in [-0.39, 0.29) is 24.1 Å². The van der Waals surface area contributed by atoms with Crippen molar-refractivity contribution in [3.05, 3.63) is 35.4 Å². The van der Waals surface area contributed by atoms with Gasteiger partial charge in [0.2, 0.25) is 0 Å². The van der Waals surface area contributed by atoms with Crippen LogP contribution in [-0.4, -0.2) is 17.8 Å². The molecule has 2 rings (SSSR count). The molecule has 2 nitrogen and oxygen atoms in total. The van der Waals surface area contributed by atoms with E-state index in [2.05, 4.69) is 5.32 Å². The molecule has 0 radical (unpaired) electrons. The summed E-state index contributed by atoms with van der Waals surface area (Å²) in [6.45, 7) is 0.774. The average Bonchev–Trinajstić information content (AvgIpc) is 2.69. The Morgan fingerprint density at radius 2 is 1.94 bits per heavy atom. The lowest BCUT2D eigenvalue weighted by atomic mass is 10.1. The molecule has 0 spiro atoms. The van der Waals surface area contributed by atoms with Gasteiger partial charge in [0.05, 0.1) is 6.10 Å². The first-order chi connectivity index (χ1) is 8.18. The van der Waals surface area contributed by atoms with E-state index in [1.165, 1.54) is 18.2 Å². The quantitative estimate of drug-likeness (QED) is 0.847. The zero-order chi connectivity index (χ0) is 12.3. The maximum atomic E-state index is 13.3. The van der Waals surface area contributed by atoms with Crippen molar-refractivity contribution >= 4 is 0 Å². The van der Waals surface area contributed by atoms with Gasteiger partial charge < -0.3 is 10.4 Å². The normalized spacial score (nSPS) is 24.2. The highest BCUT2D eigenvalue weighted by molar-refractivity contribution is 5.19. The van der Waals surface area contributed by atoms with Crippen LogP contribution in [0.15, 0.2) is 18.2 Å². The summed E-state index contributed by atoms with van der Waals surface area (Å²) >= 11 is 0. The molecule has 1 fully saturated rings. The van der Waals surface area contributed by atoms with Gasteiger partial charge in [0, 0.05) is 18.7 Å². The Morgan fingerprint density at radius 1 is 1.24 bits per heavy atom. The van der Waals surface area contributed by atoms with Crippen LogP contribution in [-0.2, 0) is 6.54 Å². The van der Waals surface area contributed by atoms with Gasteiger partial charge in [0.25, 0.3) is 0 Å². The predicted molar refractivity (Wildman–Crippen MR) is 61.4 cm³/mol. The molecule has 0 aromatic heterocycles. The Balaban J connectivity index is 1.86. The number of hydrogen-bond acceptors (Lipinski definition) is 2. The van der Waals surface area contributed by atoms with E-state index in [1.807, 2.05) is 0 Å². The zero-order valence-electron chi connectivity index (χ0n) is 9.63. The molecular formula is C13H17F2NO. The van der Waals surface area contributed by atoms with Gasteiger partial charge in [-0.1, -0.05) is 12.5 Å². The molecule has 2 atom stereocenters. The van der Waals surface area contributed by atoms with Crippen molar-refractivity contribution in [2.75, 3.05) is 6.54 Å². The van der Waals surface area contributed by atoms with Gasteiger partial charge in [0.1, 0.15) is 11.6 Å². The predicted octanol–water partition coefficient (Wildman–Crippen LogP) is 2.22. The molecule has 0 saturated heterocycles. The van der Waals surface area contributed by atoms with Crippen molar-refractivity contribution in [3.8, 4) is 0 Å². The molecule has 1 aromatic rings. The first-order valence-corrected chi connectivity index (χ1v) is 6.00. The van der Waals surface area contributed by atoms with Crippen molar-refractivity contribution < 1.29 is 13.9 Å². The zero-order valence-corrected chi connectivity index (χ0v) is 9.63. The van der Waals surface area contributed by atoms with Crippen LogP contribution in [0.5, 0.6) is 0 Å². The highest BCUT2D eigenvalue weighted by atomic mass is 19.1. The molecule has 4 heteroatoms. The fourth-order valence-electron chi connectivity index (χ4n) is 2.34. The maximum absolute atomic E-state index is 13.3. The number of halogens is 2. The smallest absolute Gasteiger partial charge is 0.130 e. The summed E-state index contributed by atoms with van der Waals surface area (Å²) in [4.78, 5) is 0. The fraction of sp³-hybridized carbons (Fsp3) is 0.538. The molecule has 0 aliphatic heterocycles. The van der Waals surface area contributed by atoms with Crippen LogP contribution >= 0.6 is 0 Å². The van der Waals surface area contributed by atoms with Gasteiger partial charge in [-0.25, -0.2) is 8.78 Å². The largest absolute Gasteiger partial charge is 0.393 e. The monoisotopic (exact) mass is 241 g/mol. The lowest BCUT2D eigenvalue weighted by molar-refractivity contribution is 0.131. The van der Waals surface area contributed by atoms with E-state index < -0.39 is 11.6 Å². The summed E-state index contributed by atoms with van der Waals surface area (Å²) in [5.41, 5.74) is 0.0694. The number of hydrogen-bond donors (Lipinski definition) is 2. The van der Waals surface area contributed by atoms with Crippen LogP contribution < -0.4 is 5.32 Å². The Hall–Kier alpha value is -1.00. The lowest BCUT2D eigenvalue weighted by Gasteiger charge is -2.15. The number of aliphatic hydroxyl groups excluding tert-OH is 1. The second-order valence-electron chi connectivity index (χ2n) is 4.59. The van der Waals surface area contributed by atoms with Crippen LogP contribution in [0.25, 0.3) is 0 Å². The van der Waals surface area contributed by atoms with Crippen molar-refractivity contribution in [2.45, 2.75) is 31.9 Å². The first-order valence-electron chi connectivity index (χ1n) is 6.00. The standard InChI is InChI=1S/C13H17F2NO/c14-11-4-2-5-12(15)10(11)8-16-7-9-3-1-6-13(9)17/h2,4-5,9,13,16-17H,1,3,6-8H2. The fourth-order valence-corrected chi connectivity index (χ4v) is 2.34. The third kappa shape index (κ3) is 3.01. The molecule has 1 saturated carbocycles. The SMILES string of the molecule is OC1CCCC1CNCc1c(F)cccc1F. The second kappa shape index (κ2) is 5.56.